The molecular weight excluding hydrogens is 294 g/mol. The van der Waals surface area contributed by atoms with Crippen molar-refractivity contribution in [3.05, 3.63) is 30.3 Å². The Kier molecular flexibility index (Phi) is 5.18. The number of methoxy groups -OCH3 is 1. The molecular formula is C18H25NO4. The Labute approximate surface area is 137 Å². The standard InChI is InChI=1S/C18H25NO4/c1-21-14-18-9-12-23-16(18)7-10-19(13-18)17(20)8-11-22-15-5-3-2-4-6-15/h2-6,16H,7-14H2,1H3/t16-,18+/m1/s1. The molecule has 0 bridgehead atoms. The Hall–Kier alpha value is -1.59. The van der Waals surface area contributed by atoms with Crippen molar-refractivity contribution in [3.8, 4) is 5.75 Å². The van der Waals surface area contributed by atoms with E-state index in [1.807, 2.05) is 35.2 Å². The topological polar surface area (TPSA) is 48.0 Å². The van der Waals surface area contributed by atoms with Crippen LogP contribution in [0.2, 0.25) is 0 Å². The van der Waals surface area contributed by atoms with Gasteiger partial charge in [-0.2, -0.15) is 0 Å². The molecule has 2 aliphatic rings. The van der Waals surface area contributed by atoms with Gasteiger partial charge in [0, 0.05) is 32.2 Å². The molecule has 3 rings (SSSR count). The van der Waals surface area contributed by atoms with Gasteiger partial charge in [-0.15, -0.1) is 0 Å². The minimum atomic E-state index is -0.0249. The SMILES string of the molecule is COC[C@@]12CCO[C@@H]1CCN(C(=O)CCOc1ccccc1)C2. The van der Waals surface area contributed by atoms with Gasteiger partial charge >= 0.3 is 0 Å². The summed E-state index contributed by atoms with van der Waals surface area (Å²) >= 11 is 0. The number of carbonyl (C=O) groups excluding carboxylic acids is 1. The summed E-state index contributed by atoms with van der Waals surface area (Å²) in [4.78, 5) is 14.4. The number of piperidine rings is 1. The van der Waals surface area contributed by atoms with E-state index in [0.717, 1.165) is 38.3 Å². The smallest absolute Gasteiger partial charge is 0.226 e. The summed E-state index contributed by atoms with van der Waals surface area (Å²) in [5.41, 5.74) is -0.0249. The fourth-order valence-corrected chi connectivity index (χ4v) is 3.69. The molecule has 2 saturated heterocycles. The van der Waals surface area contributed by atoms with Crippen molar-refractivity contribution >= 4 is 5.91 Å². The number of ether oxygens (including phenoxy) is 3. The van der Waals surface area contributed by atoms with E-state index in [9.17, 15) is 4.79 Å². The number of hydrogen-bond donors (Lipinski definition) is 0. The second-order valence-corrected chi connectivity index (χ2v) is 6.42. The van der Waals surface area contributed by atoms with Crippen molar-refractivity contribution in [3.63, 3.8) is 0 Å². The lowest BCUT2D eigenvalue weighted by Crippen LogP contribution is -2.53. The molecule has 1 aromatic carbocycles. The van der Waals surface area contributed by atoms with Gasteiger partial charge in [0.05, 0.1) is 25.7 Å². The van der Waals surface area contributed by atoms with E-state index in [-0.39, 0.29) is 17.4 Å². The third-order valence-electron chi connectivity index (χ3n) is 4.88. The lowest BCUT2D eigenvalue weighted by molar-refractivity contribution is -0.139. The van der Waals surface area contributed by atoms with E-state index in [0.29, 0.717) is 19.6 Å². The highest BCUT2D eigenvalue weighted by Gasteiger charge is 2.48. The highest BCUT2D eigenvalue weighted by Crippen LogP contribution is 2.41. The third kappa shape index (κ3) is 3.67. The molecule has 2 aliphatic heterocycles. The number of carbonyl (C=O) groups is 1. The van der Waals surface area contributed by atoms with Crippen LogP contribution >= 0.6 is 0 Å². The molecule has 0 aromatic heterocycles. The van der Waals surface area contributed by atoms with Gasteiger partial charge in [-0.3, -0.25) is 4.79 Å². The van der Waals surface area contributed by atoms with Gasteiger partial charge in [-0.25, -0.2) is 0 Å². The Balaban J connectivity index is 1.51. The Morgan fingerprint density at radius 1 is 1.39 bits per heavy atom. The molecule has 5 heteroatoms. The first-order chi connectivity index (χ1) is 11.2. The van der Waals surface area contributed by atoms with Gasteiger partial charge in [-0.1, -0.05) is 18.2 Å². The number of nitrogens with zero attached hydrogens (tertiary/aromatic N) is 1. The van der Waals surface area contributed by atoms with Crippen LogP contribution in [0.25, 0.3) is 0 Å². The zero-order valence-electron chi connectivity index (χ0n) is 13.7. The predicted molar refractivity (Wildman–Crippen MR) is 86.4 cm³/mol. The van der Waals surface area contributed by atoms with Gasteiger partial charge in [0.2, 0.25) is 5.91 Å². The van der Waals surface area contributed by atoms with Crippen molar-refractivity contribution < 1.29 is 19.0 Å². The lowest BCUT2D eigenvalue weighted by atomic mass is 9.77. The Morgan fingerprint density at radius 3 is 3.00 bits per heavy atom. The van der Waals surface area contributed by atoms with Crippen molar-refractivity contribution in [1.29, 1.82) is 0 Å². The number of benzene rings is 1. The second-order valence-electron chi connectivity index (χ2n) is 6.42. The maximum absolute atomic E-state index is 12.5. The summed E-state index contributed by atoms with van der Waals surface area (Å²) in [6.07, 6.45) is 2.50. The molecule has 2 atom stereocenters. The summed E-state index contributed by atoms with van der Waals surface area (Å²) in [6.45, 7) is 3.33. The number of amides is 1. The monoisotopic (exact) mass is 319 g/mol. The molecule has 2 fully saturated rings. The molecule has 0 N–H and O–H groups in total. The lowest BCUT2D eigenvalue weighted by Gasteiger charge is -2.43. The fourth-order valence-electron chi connectivity index (χ4n) is 3.69. The molecule has 1 amide bonds. The minimum Gasteiger partial charge on any atom is -0.493 e. The van der Waals surface area contributed by atoms with Crippen LogP contribution in [0.3, 0.4) is 0 Å². The molecule has 0 saturated carbocycles. The van der Waals surface area contributed by atoms with Crippen LogP contribution in [0, 0.1) is 5.41 Å². The largest absolute Gasteiger partial charge is 0.493 e. The highest BCUT2D eigenvalue weighted by molar-refractivity contribution is 5.76. The van der Waals surface area contributed by atoms with Crippen LogP contribution in [-0.4, -0.2) is 56.9 Å². The third-order valence-corrected chi connectivity index (χ3v) is 4.88. The molecule has 1 aromatic rings. The minimum absolute atomic E-state index is 0.0249. The summed E-state index contributed by atoms with van der Waals surface area (Å²) in [6, 6.07) is 9.60. The van der Waals surface area contributed by atoms with Crippen molar-refractivity contribution in [2.45, 2.75) is 25.4 Å². The van der Waals surface area contributed by atoms with E-state index < -0.39 is 0 Å². The van der Waals surface area contributed by atoms with Crippen molar-refractivity contribution in [2.75, 3.05) is 40.0 Å². The van der Waals surface area contributed by atoms with E-state index in [2.05, 4.69) is 0 Å². The zero-order chi connectivity index (χ0) is 16.1. The van der Waals surface area contributed by atoms with Crippen molar-refractivity contribution in [1.82, 2.24) is 4.90 Å². The van der Waals surface area contributed by atoms with Crippen LogP contribution < -0.4 is 4.74 Å². The van der Waals surface area contributed by atoms with Crippen LogP contribution in [0.15, 0.2) is 30.3 Å². The average molecular weight is 319 g/mol. The highest BCUT2D eigenvalue weighted by atomic mass is 16.5. The van der Waals surface area contributed by atoms with Crippen LogP contribution in [0.5, 0.6) is 5.75 Å². The summed E-state index contributed by atoms with van der Waals surface area (Å²) < 4.78 is 16.9. The average Bonchev–Trinajstić information content (AvgIpc) is 2.98. The summed E-state index contributed by atoms with van der Waals surface area (Å²) in [5.74, 6) is 0.959. The second kappa shape index (κ2) is 7.32. The van der Waals surface area contributed by atoms with E-state index in [4.69, 9.17) is 14.2 Å². The predicted octanol–water partition coefficient (Wildman–Crippen LogP) is 2.11. The van der Waals surface area contributed by atoms with Crippen LogP contribution in [-0.2, 0) is 14.3 Å². The van der Waals surface area contributed by atoms with E-state index in [1.165, 1.54) is 0 Å². The zero-order valence-corrected chi connectivity index (χ0v) is 13.7. The summed E-state index contributed by atoms with van der Waals surface area (Å²) in [7, 11) is 1.72. The number of rotatable bonds is 6. The van der Waals surface area contributed by atoms with Gasteiger partial charge in [0.1, 0.15) is 5.75 Å². The van der Waals surface area contributed by atoms with Crippen LogP contribution in [0.1, 0.15) is 19.3 Å². The van der Waals surface area contributed by atoms with Gasteiger partial charge in [0.15, 0.2) is 0 Å². The molecule has 2 heterocycles. The number of fused-ring (bicyclic) bond motifs is 1. The van der Waals surface area contributed by atoms with E-state index in [1.54, 1.807) is 7.11 Å². The summed E-state index contributed by atoms with van der Waals surface area (Å²) in [5, 5.41) is 0. The van der Waals surface area contributed by atoms with Crippen LogP contribution in [0.4, 0.5) is 0 Å². The van der Waals surface area contributed by atoms with Gasteiger partial charge in [-0.05, 0) is 25.0 Å². The van der Waals surface area contributed by atoms with Gasteiger partial charge < -0.3 is 19.1 Å². The molecule has 0 spiro atoms. The molecule has 0 radical (unpaired) electrons. The fraction of sp³-hybridized carbons (Fsp3) is 0.611. The quantitative estimate of drug-likeness (QED) is 0.806. The molecule has 23 heavy (non-hydrogen) atoms. The first kappa shape index (κ1) is 16.3. The number of hydrogen-bond acceptors (Lipinski definition) is 4. The van der Waals surface area contributed by atoms with Gasteiger partial charge in [0.25, 0.3) is 0 Å². The molecule has 0 unspecified atom stereocenters. The van der Waals surface area contributed by atoms with E-state index >= 15 is 0 Å². The normalized spacial score (nSPS) is 26.8. The first-order valence-corrected chi connectivity index (χ1v) is 8.30. The maximum Gasteiger partial charge on any atom is 0.226 e. The first-order valence-electron chi connectivity index (χ1n) is 8.30. The number of para-hydroxylation sites is 1. The molecule has 5 nitrogen and oxygen atoms in total. The van der Waals surface area contributed by atoms with Crippen molar-refractivity contribution in [2.24, 2.45) is 5.41 Å². The molecule has 0 aliphatic carbocycles. The Bertz CT molecular complexity index is 521. The molecule has 126 valence electrons. The Morgan fingerprint density at radius 2 is 2.22 bits per heavy atom. The maximum atomic E-state index is 12.5. The number of likely N-dealkylation sites (tertiary alicyclic amines) is 1.